The Morgan fingerprint density at radius 2 is 1.84 bits per heavy atom. The van der Waals surface area contributed by atoms with Gasteiger partial charge in [-0.1, -0.05) is 29.3 Å². The van der Waals surface area contributed by atoms with Crippen molar-refractivity contribution < 1.29 is 23.9 Å². The maximum atomic E-state index is 13.1. The van der Waals surface area contributed by atoms with Gasteiger partial charge in [0, 0.05) is 51.6 Å². The molecule has 17 heteroatoms. The first kappa shape index (κ1) is 35.3. The molecule has 2 aliphatic heterocycles. The van der Waals surface area contributed by atoms with Crippen molar-refractivity contribution in [2.24, 2.45) is 5.92 Å². The molecule has 0 bridgehead atoms. The van der Waals surface area contributed by atoms with Crippen molar-refractivity contribution in [3.63, 3.8) is 0 Å². The molecule has 6 rings (SSSR count). The number of imide groups is 1. The summed E-state index contributed by atoms with van der Waals surface area (Å²) in [4.78, 5) is 52.2. The number of halogens is 2. The Labute approximate surface area is 298 Å². The number of aromatic nitrogens is 5. The second-order valence-electron chi connectivity index (χ2n) is 12.2. The first-order chi connectivity index (χ1) is 24.2. The van der Waals surface area contributed by atoms with Crippen molar-refractivity contribution in [3.05, 3.63) is 64.3 Å². The molecule has 1 unspecified atom stereocenters. The Balaban J connectivity index is 0.952. The van der Waals surface area contributed by atoms with Crippen molar-refractivity contribution in [2.45, 2.75) is 44.6 Å². The quantitative estimate of drug-likeness (QED) is 0.119. The summed E-state index contributed by atoms with van der Waals surface area (Å²) in [5.74, 6) is 0.811. The monoisotopic (exact) mass is 724 g/mol. The van der Waals surface area contributed by atoms with E-state index in [4.69, 9.17) is 32.7 Å². The van der Waals surface area contributed by atoms with Crippen molar-refractivity contribution >= 4 is 63.9 Å². The first-order valence-electron chi connectivity index (χ1n) is 16.4. The standard InChI is InChI=1S/C33H38Cl2N10O5/c1-19(49-2)30-25(18-38-28-14-26(35)43-45(28)30)41-33(48)40-24-13-22(34)17-39-32(24)50-12-9-36-15-20-7-10-44(11-8-20)27-5-3-21(16-37-27)23-4-6-29(46)42-31(23)47/h3,5,13-14,16-20,23,36H,4,6-12,15H2,1-2H3,(H2,40,41,48)(H,42,46,47)/t19-,23?/m1/s1. The van der Waals surface area contributed by atoms with E-state index in [0.29, 0.717) is 59.6 Å². The van der Waals surface area contributed by atoms with E-state index in [1.54, 1.807) is 25.4 Å². The molecular weight excluding hydrogens is 687 g/mol. The fraction of sp³-hybridized carbons (Fsp3) is 0.424. The van der Waals surface area contributed by atoms with E-state index in [-0.39, 0.29) is 28.8 Å². The second-order valence-corrected chi connectivity index (χ2v) is 13.0. The van der Waals surface area contributed by atoms with Gasteiger partial charge in [0.2, 0.25) is 17.7 Å². The zero-order valence-electron chi connectivity index (χ0n) is 27.6. The van der Waals surface area contributed by atoms with Crippen LogP contribution in [0.15, 0.2) is 42.9 Å². The lowest BCUT2D eigenvalue weighted by Gasteiger charge is -2.33. The number of rotatable bonds is 12. The number of amides is 4. The zero-order valence-corrected chi connectivity index (χ0v) is 29.1. The Kier molecular flexibility index (Phi) is 11.3. The number of ether oxygens (including phenoxy) is 2. The van der Waals surface area contributed by atoms with Crippen LogP contribution in [0.5, 0.6) is 5.88 Å². The number of anilines is 3. The maximum Gasteiger partial charge on any atom is 0.323 e. The van der Waals surface area contributed by atoms with Crippen LogP contribution in [0.2, 0.25) is 10.2 Å². The summed E-state index contributed by atoms with van der Waals surface area (Å²) in [5.41, 5.74) is 2.60. The molecule has 2 saturated heterocycles. The molecule has 0 aromatic carbocycles. The molecule has 4 amide bonds. The van der Waals surface area contributed by atoms with Gasteiger partial charge in [-0.25, -0.2) is 24.3 Å². The van der Waals surface area contributed by atoms with Crippen LogP contribution in [-0.2, 0) is 14.3 Å². The maximum absolute atomic E-state index is 13.1. The van der Waals surface area contributed by atoms with Crippen molar-refractivity contribution in [3.8, 4) is 5.88 Å². The summed E-state index contributed by atoms with van der Waals surface area (Å²) in [5, 5.41) is 16.3. The number of carbonyl (C=O) groups excluding carboxylic acids is 3. The molecule has 4 aromatic rings. The number of fused-ring (bicyclic) bond motifs is 1. The SMILES string of the molecule is CO[C@H](C)c1c(NC(=O)Nc2cc(Cl)cnc2OCCNCC2CCN(c3ccc(C4CCC(=O)NC4=O)cn3)CC2)cnc2cc(Cl)nn12. The average Bonchev–Trinajstić information content (AvgIpc) is 3.49. The Hall–Kier alpha value is -4.57. The molecule has 6 heterocycles. The van der Waals surface area contributed by atoms with Crippen LogP contribution in [0.4, 0.5) is 22.0 Å². The Morgan fingerprint density at radius 1 is 1.04 bits per heavy atom. The van der Waals surface area contributed by atoms with Crippen LogP contribution in [0.25, 0.3) is 5.65 Å². The summed E-state index contributed by atoms with van der Waals surface area (Å²) < 4.78 is 12.9. The highest BCUT2D eigenvalue weighted by molar-refractivity contribution is 6.31. The predicted molar refractivity (Wildman–Crippen MR) is 188 cm³/mol. The van der Waals surface area contributed by atoms with Gasteiger partial charge in [0.1, 0.15) is 18.1 Å². The lowest BCUT2D eigenvalue weighted by molar-refractivity contribution is -0.134. The van der Waals surface area contributed by atoms with Gasteiger partial charge in [0.05, 0.1) is 34.6 Å². The highest BCUT2D eigenvalue weighted by Crippen LogP contribution is 2.29. The molecule has 0 spiro atoms. The molecule has 2 atom stereocenters. The van der Waals surface area contributed by atoms with Gasteiger partial charge in [-0.2, -0.15) is 5.10 Å². The van der Waals surface area contributed by atoms with Gasteiger partial charge in [-0.3, -0.25) is 14.9 Å². The van der Waals surface area contributed by atoms with E-state index >= 15 is 0 Å². The summed E-state index contributed by atoms with van der Waals surface area (Å²) in [6.07, 6.45) is 7.16. The summed E-state index contributed by atoms with van der Waals surface area (Å²) >= 11 is 12.3. The third kappa shape index (κ3) is 8.41. The van der Waals surface area contributed by atoms with E-state index in [1.807, 2.05) is 19.1 Å². The van der Waals surface area contributed by atoms with Gasteiger partial charge in [-0.15, -0.1) is 0 Å². The highest BCUT2D eigenvalue weighted by Gasteiger charge is 2.28. The number of piperidine rings is 2. The highest BCUT2D eigenvalue weighted by atomic mass is 35.5. The van der Waals surface area contributed by atoms with Gasteiger partial charge >= 0.3 is 6.03 Å². The van der Waals surface area contributed by atoms with E-state index < -0.39 is 12.1 Å². The van der Waals surface area contributed by atoms with Crippen LogP contribution in [0.3, 0.4) is 0 Å². The molecule has 264 valence electrons. The molecule has 50 heavy (non-hydrogen) atoms. The van der Waals surface area contributed by atoms with Crippen LogP contribution in [-0.4, -0.2) is 82.3 Å². The number of hydrogen-bond acceptors (Lipinski definition) is 11. The summed E-state index contributed by atoms with van der Waals surface area (Å²) in [6, 6.07) is 6.51. The molecule has 2 fully saturated rings. The van der Waals surface area contributed by atoms with Crippen LogP contribution in [0.1, 0.15) is 55.9 Å². The van der Waals surface area contributed by atoms with E-state index in [9.17, 15) is 14.4 Å². The lowest BCUT2D eigenvalue weighted by atomic mass is 9.91. The third-order valence-electron chi connectivity index (χ3n) is 8.85. The smallest absolute Gasteiger partial charge is 0.323 e. The van der Waals surface area contributed by atoms with Crippen LogP contribution >= 0.6 is 23.2 Å². The molecule has 0 radical (unpaired) electrons. The molecule has 4 aromatic heterocycles. The normalized spacial score (nSPS) is 17.4. The number of pyridine rings is 2. The number of carbonyl (C=O) groups is 3. The first-order valence-corrected chi connectivity index (χ1v) is 17.1. The number of urea groups is 1. The van der Waals surface area contributed by atoms with Crippen LogP contribution in [0, 0.1) is 5.92 Å². The van der Waals surface area contributed by atoms with E-state index in [1.165, 1.54) is 16.9 Å². The topological polar surface area (TPSA) is 177 Å². The minimum atomic E-state index is -0.562. The zero-order chi connectivity index (χ0) is 35.2. The van der Waals surface area contributed by atoms with Crippen molar-refractivity contribution in [1.29, 1.82) is 0 Å². The Morgan fingerprint density at radius 3 is 2.58 bits per heavy atom. The number of methoxy groups -OCH3 is 1. The molecule has 15 nitrogen and oxygen atoms in total. The molecular formula is C33H38Cl2N10O5. The van der Waals surface area contributed by atoms with Gasteiger partial charge < -0.3 is 30.3 Å². The van der Waals surface area contributed by atoms with E-state index in [2.05, 4.69) is 46.2 Å². The molecule has 4 N–H and O–H groups in total. The fourth-order valence-electron chi connectivity index (χ4n) is 6.12. The van der Waals surface area contributed by atoms with Crippen LogP contribution < -0.4 is 30.9 Å². The van der Waals surface area contributed by atoms with E-state index in [0.717, 1.165) is 43.9 Å². The molecule has 0 saturated carbocycles. The second kappa shape index (κ2) is 16.0. The summed E-state index contributed by atoms with van der Waals surface area (Å²) in [6.45, 7) is 5.32. The average molecular weight is 726 g/mol. The summed E-state index contributed by atoms with van der Waals surface area (Å²) in [7, 11) is 1.55. The Bertz CT molecular complexity index is 1850. The molecule has 0 aliphatic carbocycles. The number of nitrogens with one attached hydrogen (secondary N) is 4. The fourth-order valence-corrected chi connectivity index (χ4v) is 6.46. The van der Waals surface area contributed by atoms with Gasteiger partial charge in [0.15, 0.2) is 10.8 Å². The van der Waals surface area contributed by atoms with Crippen molar-refractivity contribution in [2.75, 3.05) is 55.4 Å². The predicted octanol–water partition coefficient (Wildman–Crippen LogP) is 4.58. The minimum absolute atomic E-state index is 0.221. The number of hydrogen-bond donors (Lipinski definition) is 4. The largest absolute Gasteiger partial charge is 0.475 e. The third-order valence-corrected chi connectivity index (χ3v) is 9.24. The minimum Gasteiger partial charge on any atom is -0.475 e. The van der Waals surface area contributed by atoms with Gasteiger partial charge in [0.25, 0.3) is 0 Å². The molecule has 2 aliphatic rings. The van der Waals surface area contributed by atoms with Gasteiger partial charge in [-0.05, 0) is 56.3 Å². The van der Waals surface area contributed by atoms with Crippen molar-refractivity contribution in [1.82, 2.24) is 35.2 Å². The number of nitrogens with zero attached hydrogens (tertiary/aromatic N) is 6. The lowest BCUT2D eigenvalue weighted by Crippen LogP contribution is -2.39.